The first-order chi connectivity index (χ1) is 26.1. The number of hydrogen-bond acceptors (Lipinski definition) is 13. The second-order valence-corrected chi connectivity index (χ2v) is 12.7. The molecule has 0 radical (unpaired) electrons. The van der Waals surface area contributed by atoms with Crippen molar-refractivity contribution in [3.63, 3.8) is 0 Å². The molecule has 4 aromatic rings. The van der Waals surface area contributed by atoms with Crippen LogP contribution in [0, 0.1) is 12.8 Å². The second-order valence-electron chi connectivity index (χ2n) is 12.7. The van der Waals surface area contributed by atoms with E-state index in [2.05, 4.69) is 20.4 Å². The molecule has 3 amide bonds. The van der Waals surface area contributed by atoms with Crippen molar-refractivity contribution in [3.05, 3.63) is 59.1 Å². The van der Waals surface area contributed by atoms with Gasteiger partial charge in [0.05, 0.1) is 39.5 Å². The lowest BCUT2D eigenvalue weighted by Crippen LogP contribution is -2.42. The van der Waals surface area contributed by atoms with E-state index in [1.165, 1.54) is 18.2 Å². The first-order valence-electron chi connectivity index (χ1n) is 17.4. The number of aryl methyl sites for hydroxylation is 1. The molecular formula is C37H45N7O10. The molecule has 0 spiro atoms. The first kappa shape index (κ1) is 39.1. The average molecular weight is 748 g/mol. The molecule has 54 heavy (non-hydrogen) atoms. The quantitative estimate of drug-likeness (QED) is 0.273. The lowest BCUT2D eigenvalue weighted by molar-refractivity contribution is -0.123. The van der Waals surface area contributed by atoms with Crippen molar-refractivity contribution < 1.29 is 47.8 Å². The summed E-state index contributed by atoms with van der Waals surface area (Å²) in [5.74, 6) is 2.22. The Balaban J connectivity index is 0.00000181. The number of hydrogen-bond donors (Lipinski definition) is 2. The van der Waals surface area contributed by atoms with Crippen LogP contribution in [0.3, 0.4) is 0 Å². The molecule has 5 heterocycles. The minimum absolute atomic E-state index is 0.0893. The second kappa shape index (κ2) is 18.1. The third-order valence-corrected chi connectivity index (χ3v) is 9.31. The molecule has 0 aliphatic carbocycles. The van der Waals surface area contributed by atoms with Crippen LogP contribution < -0.4 is 29.2 Å². The number of fused-ring (bicyclic) bond motifs is 5. The highest BCUT2D eigenvalue weighted by Gasteiger charge is 2.29. The predicted octanol–water partition coefficient (Wildman–Crippen LogP) is 3.18. The van der Waals surface area contributed by atoms with Crippen LogP contribution in [0.4, 0.5) is 5.82 Å². The van der Waals surface area contributed by atoms with Crippen molar-refractivity contribution in [1.82, 2.24) is 30.2 Å². The molecule has 2 N–H and O–H groups in total. The van der Waals surface area contributed by atoms with Crippen LogP contribution in [-0.4, -0.2) is 122 Å². The molecule has 17 nitrogen and oxygen atoms in total. The Labute approximate surface area is 312 Å². The van der Waals surface area contributed by atoms with Gasteiger partial charge in [-0.2, -0.15) is 0 Å². The molecule has 288 valence electrons. The van der Waals surface area contributed by atoms with Crippen molar-refractivity contribution in [2.45, 2.75) is 32.7 Å². The van der Waals surface area contributed by atoms with Gasteiger partial charge in [-0.15, -0.1) is 0 Å². The number of benzene rings is 1. The predicted molar refractivity (Wildman–Crippen MR) is 195 cm³/mol. The number of ether oxygens (including phenoxy) is 4. The Bertz CT molecular complexity index is 1950. The lowest BCUT2D eigenvalue weighted by Gasteiger charge is -2.35. The summed E-state index contributed by atoms with van der Waals surface area (Å²) in [4.78, 5) is 64.4. The summed E-state index contributed by atoms with van der Waals surface area (Å²) < 4.78 is 27.6. The van der Waals surface area contributed by atoms with Gasteiger partial charge in [-0.1, -0.05) is 5.16 Å². The number of nitrogens with zero attached hydrogens (tertiary/aromatic N) is 6. The molecule has 1 fully saturated rings. The van der Waals surface area contributed by atoms with Gasteiger partial charge < -0.3 is 48.6 Å². The molecule has 1 aromatic carbocycles. The van der Waals surface area contributed by atoms with Crippen LogP contribution in [0.25, 0.3) is 10.9 Å². The maximum atomic E-state index is 14.3. The number of carbonyl (C=O) groups excluding carboxylic acids is 3. The zero-order valence-corrected chi connectivity index (χ0v) is 31.0. The third kappa shape index (κ3) is 8.90. The largest absolute Gasteiger partial charge is 0.493 e. The fraction of sp³-hybridized carbons (Fsp3) is 0.432. The van der Waals surface area contributed by atoms with E-state index in [0.29, 0.717) is 64.3 Å². The van der Waals surface area contributed by atoms with Crippen LogP contribution in [0.2, 0.25) is 0 Å². The van der Waals surface area contributed by atoms with E-state index in [-0.39, 0.29) is 62.5 Å². The molecule has 3 aromatic heterocycles. The summed E-state index contributed by atoms with van der Waals surface area (Å²) >= 11 is 0. The van der Waals surface area contributed by atoms with Crippen molar-refractivity contribution in [2.75, 3.05) is 72.6 Å². The van der Waals surface area contributed by atoms with Gasteiger partial charge >= 0.3 is 0 Å². The van der Waals surface area contributed by atoms with Crippen molar-refractivity contribution >= 4 is 40.9 Å². The van der Waals surface area contributed by atoms with Crippen molar-refractivity contribution in [3.8, 4) is 23.1 Å². The average Bonchev–Trinajstić information content (AvgIpc) is 3.64. The molecule has 1 saturated heterocycles. The molecular weight excluding hydrogens is 702 g/mol. The number of carbonyl (C=O) groups is 4. The Kier molecular flexibility index (Phi) is 13.1. The molecule has 2 aliphatic heterocycles. The van der Waals surface area contributed by atoms with E-state index in [1.54, 1.807) is 51.4 Å². The maximum Gasteiger partial charge on any atom is 0.290 e. The number of rotatable bonds is 6. The Morgan fingerprint density at radius 3 is 2.37 bits per heavy atom. The minimum Gasteiger partial charge on any atom is -0.493 e. The Morgan fingerprint density at radius 2 is 1.72 bits per heavy atom. The van der Waals surface area contributed by atoms with Gasteiger partial charge in [0.2, 0.25) is 17.5 Å². The zero-order valence-electron chi connectivity index (χ0n) is 31.0. The van der Waals surface area contributed by atoms with E-state index in [0.717, 1.165) is 24.9 Å². The smallest absolute Gasteiger partial charge is 0.290 e. The lowest BCUT2D eigenvalue weighted by atomic mass is 9.97. The molecule has 1 atom stereocenters. The standard InChI is InChI=1S/C36H43N7O8.CH2O2/c1-22-15-28(40-51-22)36(46)41-12-10-30(44)37-18-23-7-6-11-42(20-23)34-25(16-26-27(39-34)17-29(47-2)33(50-5)32(26)49-4)21-43(14-13-41)35(45)24-8-9-31(48-3)38-19-24;2-1-3/h8-9,15-17,19,23H,6-7,10-14,18,20-21H2,1-5H3,(H,37,44);1H,(H,2,3). The van der Waals surface area contributed by atoms with E-state index in [4.69, 9.17) is 38.4 Å². The molecule has 1 unspecified atom stereocenters. The summed E-state index contributed by atoms with van der Waals surface area (Å²) in [5, 5.41) is 14.6. The van der Waals surface area contributed by atoms with E-state index in [9.17, 15) is 14.4 Å². The van der Waals surface area contributed by atoms with Gasteiger partial charge in [0.25, 0.3) is 18.3 Å². The van der Waals surface area contributed by atoms with Gasteiger partial charge in [0.1, 0.15) is 11.6 Å². The molecule has 17 heteroatoms. The summed E-state index contributed by atoms with van der Waals surface area (Å²) in [6.45, 7) is 3.85. The van der Waals surface area contributed by atoms with Crippen LogP contribution in [0.5, 0.6) is 23.1 Å². The number of aromatic nitrogens is 3. The van der Waals surface area contributed by atoms with Gasteiger partial charge in [0.15, 0.2) is 17.2 Å². The molecule has 2 bridgehead atoms. The van der Waals surface area contributed by atoms with E-state index < -0.39 is 5.91 Å². The Hall–Kier alpha value is -6.13. The zero-order chi connectivity index (χ0) is 38.8. The molecule has 2 aliphatic rings. The van der Waals surface area contributed by atoms with Crippen molar-refractivity contribution in [1.29, 1.82) is 0 Å². The van der Waals surface area contributed by atoms with E-state index >= 15 is 0 Å². The fourth-order valence-electron chi connectivity index (χ4n) is 6.67. The number of piperidine rings is 1. The molecule has 0 saturated carbocycles. The van der Waals surface area contributed by atoms with Crippen LogP contribution in [0.15, 0.2) is 41.1 Å². The number of nitrogens with one attached hydrogen (secondary N) is 1. The number of amides is 3. The summed E-state index contributed by atoms with van der Waals surface area (Å²) in [5.41, 5.74) is 1.87. The van der Waals surface area contributed by atoms with Crippen LogP contribution in [0.1, 0.15) is 51.4 Å². The SMILES string of the molecule is COc1ccc(C(=O)N2CCN(C(=O)c3cc(C)on3)CCC(=O)NCC3CCCN(C3)c3nc4cc(OC)c(OC)c(OC)c4cc3C2)cn1.O=CO. The third-order valence-electron chi connectivity index (χ3n) is 9.31. The topological polar surface area (TPSA) is 199 Å². The van der Waals surface area contributed by atoms with Crippen LogP contribution in [-0.2, 0) is 16.1 Å². The summed E-state index contributed by atoms with van der Waals surface area (Å²) in [6.07, 6.45) is 3.39. The normalized spacial score (nSPS) is 16.4. The number of pyridine rings is 2. The highest BCUT2D eigenvalue weighted by atomic mass is 16.5. The minimum atomic E-state index is -0.400. The molecule has 6 rings (SSSR count). The van der Waals surface area contributed by atoms with Gasteiger partial charge in [-0.3, -0.25) is 19.2 Å². The number of anilines is 1. The van der Waals surface area contributed by atoms with E-state index in [1.807, 2.05) is 12.1 Å². The van der Waals surface area contributed by atoms with Gasteiger partial charge in [0, 0.05) is 87.6 Å². The van der Waals surface area contributed by atoms with Gasteiger partial charge in [-0.05, 0) is 37.8 Å². The highest BCUT2D eigenvalue weighted by molar-refractivity contribution is 5.95. The first-order valence-corrected chi connectivity index (χ1v) is 17.4. The number of carboxylic acid groups (broad SMARTS) is 1. The summed E-state index contributed by atoms with van der Waals surface area (Å²) in [7, 11) is 6.17. The van der Waals surface area contributed by atoms with Crippen molar-refractivity contribution in [2.24, 2.45) is 5.92 Å². The monoisotopic (exact) mass is 747 g/mol. The van der Waals surface area contributed by atoms with Crippen LogP contribution >= 0.6 is 0 Å². The fourth-order valence-corrected chi connectivity index (χ4v) is 6.67. The van der Waals surface area contributed by atoms with Gasteiger partial charge in [-0.25, -0.2) is 9.97 Å². The highest BCUT2D eigenvalue weighted by Crippen LogP contribution is 2.44. The summed E-state index contributed by atoms with van der Waals surface area (Å²) in [6, 6.07) is 8.64. The number of methoxy groups -OCH3 is 4. The Morgan fingerprint density at radius 1 is 0.963 bits per heavy atom. The maximum absolute atomic E-state index is 14.3.